The van der Waals surface area contributed by atoms with Crippen molar-refractivity contribution in [2.24, 2.45) is 10.1 Å². The van der Waals surface area contributed by atoms with Crippen LogP contribution in [0.4, 0.5) is 11.4 Å². The molecule has 0 bridgehead atoms. The van der Waals surface area contributed by atoms with Crippen molar-refractivity contribution in [2.75, 3.05) is 31.7 Å². The van der Waals surface area contributed by atoms with Crippen molar-refractivity contribution in [1.29, 1.82) is 5.26 Å². The molecule has 0 aliphatic carbocycles. The molecule has 1 aliphatic heterocycles. The van der Waals surface area contributed by atoms with Crippen LogP contribution in [0.25, 0.3) is 0 Å². The van der Waals surface area contributed by atoms with Crippen LogP contribution in [0, 0.1) is 11.3 Å². The van der Waals surface area contributed by atoms with Gasteiger partial charge in [-0.25, -0.2) is 9.98 Å². The van der Waals surface area contributed by atoms with Crippen LogP contribution in [0.1, 0.15) is 44.4 Å². The number of hydrogen-bond donors (Lipinski definition) is 0. The molecule has 4 aromatic rings. The average Bonchev–Trinajstić information content (AvgIpc) is 3.55. The second-order valence-corrected chi connectivity index (χ2v) is 11.1. The molecule has 0 saturated carbocycles. The Kier molecular flexibility index (Phi) is 8.55. The summed E-state index contributed by atoms with van der Waals surface area (Å²) in [6.45, 7) is 7.85. The first-order valence-electron chi connectivity index (χ1n) is 13.7. The van der Waals surface area contributed by atoms with E-state index in [1.807, 2.05) is 72.8 Å². The number of methoxy groups -OCH3 is 1. The zero-order valence-electron chi connectivity index (χ0n) is 24.1. The van der Waals surface area contributed by atoms with Crippen molar-refractivity contribution in [1.82, 2.24) is 14.9 Å². The summed E-state index contributed by atoms with van der Waals surface area (Å²) in [6, 6.07) is 25.1. The standard InChI is InChI=1S/C32H32ClN7O2/c1-32(2,3)31-36-30-29(28(37-40(30)38-31)26-8-5-6-9-27(26)33)35-22-10-12-23(13-11-22)39(19-7-18-34)20-21-42-25-16-14-24(41-4)15-17-25/h5-6,8-17H,7,19-21H2,1-4H3. The minimum Gasteiger partial charge on any atom is -0.497 e. The van der Waals surface area contributed by atoms with Gasteiger partial charge in [0.2, 0.25) is 5.82 Å². The highest BCUT2D eigenvalue weighted by Crippen LogP contribution is 2.28. The van der Waals surface area contributed by atoms with E-state index in [0.29, 0.717) is 54.2 Å². The molecule has 214 valence electrons. The van der Waals surface area contributed by atoms with Crippen molar-refractivity contribution in [3.63, 3.8) is 0 Å². The first-order valence-corrected chi connectivity index (χ1v) is 14.0. The summed E-state index contributed by atoms with van der Waals surface area (Å²) in [4.78, 5) is 13.4. The Morgan fingerprint density at radius 3 is 2.36 bits per heavy atom. The Balaban J connectivity index is 1.39. The lowest BCUT2D eigenvalue weighted by Crippen LogP contribution is -2.29. The molecule has 0 unspecified atom stereocenters. The van der Waals surface area contributed by atoms with E-state index in [4.69, 9.17) is 36.2 Å². The first-order chi connectivity index (χ1) is 20.3. The predicted molar refractivity (Wildman–Crippen MR) is 166 cm³/mol. The molecule has 0 saturated heterocycles. The lowest BCUT2D eigenvalue weighted by Gasteiger charge is -2.24. The molecule has 0 radical (unpaired) electrons. The van der Waals surface area contributed by atoms with Crippen molar-refractivity contribution < 1.29 is 9.47 Å². The third kappa shape index (κ3) is 6.45. The molecule has 2 heterocycles. The Morgan fingerprint density at radius 1 is 0.976 bits per heavy atom. The van der Waals surface area contributed by atoms with Gasteiger partial charge in [-0.3, -0.25) is 0 Å². The molecular formula is C32H32ClN7O2. The fraction of sp³-hybridized carbons (Fsp3) is 0.281. The highest BCUT2D eigenvalue weighted by molar-refractivity contribution is 6.56. The topological polar surface area (TPSA) is 101 Å². The van der Waals surface area contributed by atoms with Crippen molar-refractivity contribution in [3.05, 3.63) is 95.0 Å². The normalized spacial score (nSPS) is 13.4. The summed E-state index contributed by atoms with van der Waals surface area (Å²) in [5, 5.41) is 19.1. The number of nitriles is 1. The lowest BCUT2D eigenvalue weighted by atomic mass is 9.96. The Hall–Kier alpha value is -4.68. The number of benzene rings is 3. The number of halogens is 1. The number of anilines is 1. The van der Waals surface area contributed by atoms with Gasteiger partial charge in [0.1, 0.15) is 29.5 Å². The molecular weight excluding hydrogens is 550 g/mol. The third-order valence-electron chi connectivity index (χ3n) is 6.66. The van der Waals surface area contributed by atoms with E-state index in [1.165, 1.54) is 0 Å². The number of aliphatic imine (C=N–C) groups is 1. The molecule has 10 heteroatoms. The van der Waals surface area contributed by atoms with Gasteiger partial charge in [-0.05, 0) is 54.6 Å². The molecule has 0 atom stereocenters. The van der Waals surface area contributed by atoms with E-state index in [9.17, 15) is 5.26 Å². The van der Waals surface area contributed by atoms with E-state index in [-0.39, 0.29) is 5.41 Å². The van der Waals surface area contributed by atoms with Gasteiger partial charge >= 0.3 is 0 Å². The first kappa shape index (κ1) is 28.8. The van der Waals surface area contributed by atoms with Gasteiger partial charge < -0.3 is 14.4 Å². The highest BCUT2D eigenvalue weighted by atomic mass is 35.5. The zero-order valence-corrected chi connectivity index (χ0v) is 24.8. The van der Waals surface area contributed by atoms with Crippen LogP contribution < -0.4 is 14.4 Å². The Morgan fingerprint density at radius 2 is 1.69 bits per heavy atom. The van der Waals surface area contributed by atoms with E-state index >= 15 is 0 Å². The van der Waals surface area contributed by atoms with Gasteiger partial charge in [0.15, 0.2) is 5.82 Å². The van der Waals surface area contributed by atoms with Crippen LogP contribution in [-0.2, 0) is 5.41 Å². The average molecular weight is 582 g/mol. The Bertz CT molecular complexity index is 1650. The van der Waals surface area contributed by atoms with Crippen LogP contribution >= 0.6 is 11.6 Å². The number of rotatable bonds is 10. The smallest absolute Gasteiger partial charge is 0.204 e. The summed E-state index contributed by atoms with van der Waals surface area (Å²) in [6.07, 6.45) is 0.399. The summed E-state index contributed by atoms with van der Waals surface area (Å²) >= 11 is 6.55. The number of hydrogen-bond acceptors (Lipinski definition) is 8. The molecule has 3 aromatic carbocycles. The Labute approximate surface area is 250 Å². The van der Waals surface area contributed by atoms with Gasteiger partial charge in [0.25, 0.3) is 0 Å². The largest absolute Gasteiger partial charge is 0.497 e. The third-order valence-corrected chi connectivity index (χ3v) is 6.99. The molecule has 0 fully saturated rings. The minimum atomic E-state index is -0.242. The maximum atomic E-state index is 9.22. The van der Waals surface area contributed by atoms with Gasteiger partial charge in [-0.1, -0.05) is 50.6 Å². The summed E-state index contributed by atoms with van der Waals surface area (Å²) < 4.78 is 11.1. The molecule has 5 rings (SSSR count). The van der Waals surface area contributed by atoms with Gasteiger partial charge in [0, 0.05) is 23.2 Å². The molecule has 0 N–H and O–H groups in total. The van der Waals surface area contributed by atoms with Crippen LogP contribution in [0.3, 0.4) is 0 Å². The number of nitrogens with zero attached hydrogens (tertiary/aromatic N) is 7. The quantitative estimate of drug-likeness (QED) is 0.214. The molecule has 9 nitrogen and oxygen atoms in total. The van der Waals surface area contributed by atoms with E-state index < -0.39 is 0 Å². The number of fused-ring (bicyclic) bond motifs is 1. The molecule has 1 aromatic heterocycles. The molecule has 0 amide bonds. The molecule has 1 aliphatic rings. The maximum absolute atomic E-state index is 9.22. The van der Waals surface area contributed by atoms with Crippen molar-refractivity contribution in [2.45, 2.75) is 32.6 Å². The second kappa shape index (κ2) is 12.5. The summed E-state index contributed by atoms with van der Waals surface area (Å²) in [5.41, 5.74) is 3.45. The predicted octanol–water partition coefficient (Wildman–Crippen LogP) is 6.42. The van der Waals surface area contributed by atoms with E-state index in [0.717, 1.165) is 28.4 Å². The molecule has 0 spiro atoms. The summed E-state index contributed by atoms with van der Waals surface area (Å²) in [7, 11) is 1.63. The summed E-state index contributed by atoms with van der Waals surface area (Å²) in [5.74, 6) is 2.80. The van der Waals surface area contributed by atoms with Crippen LogP contribution in [0.5, 0.6) is 11.5 Å². The highest BCUT2D eigenvalue weighted by Gasteiger charge is 2.32. The second-order valence-electron chi connectivity index (χ2n) is 10.7. The number of ether oxygens (including phenoxy) is 2. The fourth-order valence-corrected chi connectivity index (χ4v) is 4.62. The van der Waals surface area contributed by atoms with Gasteiger partial charge in [-0.2, -0.15) is 5.26 Å². The van der Waals surface area contributed by atoms with Crippen LogP contribution in [-0.4, -0.2) is 53.1 Å². The van der Waals surface area contributed by atoms with Gasteiger partial charge in [0.05, 0.1) is 36.9 Å². The van der Waals surface area contributed by atoms with Gasteiger partial charge in [-0.15, -0.1) is 15.0 Å². The van der Waals surface area contributed by atoms with E-state index in [1.54, 1.807) is 11.9 Å². The lowest BCUT2D eigenvalue weighted by molar-refractivity contribution is 0.323. The zero-order chi connectivity index (χ0) is 29.7. The minimum absolute atomic E-state index is 0.242. The van der Waals surface area contributed by atoms with Crippen molar-refractivity contribution >= 4 is 34.4 Å². The SMILES string of the molecule is COc1ccc(OCCN(CCC#N)c2ccc(N=C3C(c4ccccc4Cl)=Nn4nc(C(C)(C)C)nc43)cc2)cc1. The molecule has 42 heavy (non-hydrogen) atoms. The van der Waals surface area contributed by atoms with E-state index in [2.05, 4.69) is 36.8 Å². The van der Waals surface area contributed by atoms with Crippen LogP contribution in [0.15, 0.2) is 82.9 Å². The monoisotopic (exact) mass is 581 g/mol. The number of aromatic nitrogens is 3. The van der Waals surface area contributed by atoms with Crippen LogP contribution in [0.2, 0.25) is 5.02 Å². The maximum Gasteiger partial charge on any atom is 0.204 e. The fourth-order valence-electron chi connectivity index (χ4n) is 4.39. The van der Waals surface area contributed by atoms with Crippen molar-refractivity contribution in [3.8, 4) is 17.6 Å².